The Balaban J connectivity index is 1.82. The molecule has 1 N–H and O–H groups in total. The summed E-state index contributed by atoms with van der Waals surface area (Å²) in [5, 5.41) is 12.2. The van der Waals surface area contributed by atoms with E-state index in [0.717, 1.165) is 23.4 Å². The van der Waals surface area contributed by atoms with E-state index in [-0.39, 0.29) is 11.8 Å². The van der Waals surface area contributed by atoms with Crippen molar-refractivity contribution in [3.8, 4) is 11.5 Å². The molecule has 35 heavy (non-hydrogen) atoms. The summed E-state index contributed by atoms with van der Waals surface area (Å²) in [5.74, 6) is -0.177. The maximum atomic E-state index is 13.7. The number of carbonyl (C=O) groups is 2. The first kappa shape index (κ1) is 24.1. The van der Waals surface area contributed by atoms with Crippen LogP contribution < -0.4 is 5.32 Å². The first-order valence-electron chi connectivity index (χ1n) is 11.5. The first-order chi connectivity index (χ1) is 16.7. The van der Waals surface area contributed by atoms with Crippen LogP contribution in [0.2, 0.25) is 0 Å². The maximum absolute atomic E-state index is 13.7. The van der Waals surface area contributed by atoms with E-state index >= 15 is 0 Å². The summed E-state index contributed by atoms with van der Waals surface area (Å²) in [7, 11) is 5.02. The van der Waals surface area contributed by atoms with Gasteiger partial charge in [-0.15, -0.1) is 0 Å². The lowest BCUT2D eigenvalue weighted by Gasteiger charge is -2.18. The number of hydrogen-bond acceptors (Lipinski definition) is 6. The summed E-state index contributed by atoms with van der Waals surface area (Å²) in [6.07, 6.45) is 1.80. The lowest BCUT2D eigenvalue weighted by molar-refractivity contribution is 0.0781. The monoisotopic (exact) mass is 474 g/mol. The van der Waals surface area contributed by atoms with E-state index in [1.54, 1.807) is 39.2 Å². The van der Waals surface area contributed by atoms with Crippen molar-refractivity contribution >= 4 is 22.7 Å². The van der Waals surface area contributed by atoms with Crippen molar-refractivity contribution in [2.45, 2.75) is 40.8 Å². The van der Waals surface area contributed by atoms with Crippen molar-refractivity contribution in [3.05, 3.63) is 58.2 Å². The highest BCUT2D eigenvalue weighted by Gasteiger charge is 2.25. The van der Waals surface area contributed by atoms with E-state index in [9.17, 15) is 9.59 Å². The van der Waals surface area contributed by atoms with Crippen LogP contribution in [0.25, 0.3) is 22.4 Å². The molecular weight excluding hydrogens is 444 g/mol. The molecule has 2 amide bonds. The molecule has 0 aliphatic rings. The second kappa shape index (κ2) is 9.28. The number of aryl methyl sites for hydroxylation is 3. The third kappa shape index (κ3) is 4.27. The fraction of sp³-hybridized carbons (Fsp3) is 0.360. The average Bonchev–Trinajstić information content (AvgIpc) is 3.35. The van der Waals surface area contributed by atoms with Crippen LogP contribution in [0.15, 0.2) is 24.4 Å². The Bertz CT molecular complexity index is 1450. The number of nitrogens with zero attached hydrogens (tertiary/aromatic N) is 7. The number of hydrogen-bond donors (Lipinski definition) is 1. The van der Waals surface area contributed by atoms with E-state index < -0.39 is 0 Å². The molecule has 3 aromatic heterocycles. The summed E-state index contributed by atoms with van der Waals surface area (Å²) >= 11 is 0. The van der Waals surface area contributed by atoms with Crippen LogP contribution in [0, 0.1) is 20.8 Å². The van der Waals surface area contributed by atoms with Crippen molar-refractivity contribution in [1.29, 1.82) is 0 Å². The number of amides is 2. The predicted octanol–water partition coefficient (Wildman–Crippen LogP) is 2.80. The van der Waals surface area contributed by atoms with Gasteiger partial charge >= 0.3 is 0 Å². The van der Waals surface area contributed by atoms with Crippen LogP contribution in [-0.2, 0) is 20.1 Å². The highest BCUT2D eigenvalue weighted by atomic mass is 16.2. The largest absolute Gasteiger partial charge is 0.354 e. The van der Waals surface area contributed by atoms with Crippen LogP contribution in [-0.4, -0.2) is 60.3 Å². The number of rotatable bonds is 6. The smallest absolute Gasteiger partial charge is 0.273 e. The Hall–Kier alpha value is -4.08. The Kier molecular flexibility index (Phi) is 6.38. The molecule has 0 fully saturated rings. The normalized spacial score (nSPS) is 11.2. The van der Waals surface area contributed by atoms with E-state index in [1.165, 1.54) is 4.68 Å². The number of carbonyl (C=O) groups excluding carboxylic acids is 2. The summed E-state index contributed by atoms with van der Waals surface area (Å²) in [6.45, 7) is 8.97. The van der Waals surface area contributed by atoms with Crippen molar-refractivity contribution in [2.24, 2.45) is 7.05 Å². The quantitative estimate of drug-likeness (QED) is 0.460. The molecule has 0 aliphatic heterocycles. The molecule has 1 aromatic carbocycles. The highest BCUT2D eigenvalue weighted by Crippen LogP contribution is 2.27. The zero-order valence-corrected chi connectivity index (χ0v) is 21.2. The third-order valence-electron chi connectivity index (χ3n) is 6.25. The second-order valence-corrected chi connectivity index (χ2v) is 8.67. The summed E-state index contributed by atoms with van der Waals surface area (Å²) in [5.41, 5.74) is 5.47. The molecule has 10 heteroatoms. The number of aromatic nitrogens is 6. The van der Waals surface area contributed by atoms with Gasteiger partial charge in [-0.05, 0) is 39.8 Å². The Labute approximate surface area is 204 Å². The van der Waals surface area contributed by atoms with Crippen molar-refractivity contribution in [3.63, 3.8) is 0 Å². The average molecular weight is 475 g/mol. The van der Waals surface area contributed by atoms with E-state index in [2.05, 4.69) is 20.5 Å². The van der Waals surface area contributed by atoms with Gasteiger partial charge in [0.15, 0.2) is 5.82 Å². The molecule has 4 aromatic rings. The third-order valence-corrected chi connectivity index (χ3v) is 6.25. The van der Waals surface area contributed by atoms with Gasteiger partial charge in [0.1, 0.15) is 17.1 Å². The molecule has 4 rings (SSSR count). The van der Waals surface area contributed by atoms with Gasteiger partial charge in [0.05, 0.1) is 11.7 Å². The zero-order chi connectivity index (χ0) is 25.4. The minimum Gasteiger partial charge on any atom is -0.354 e. The summed E-state index contributed by atoms with van der Waals surface area (Å²) in [6, 6.07) is 5.74. The van der Waals surface area contributed by atoms with Crippen LogP contribution in [0.5, 0.6) is 0 Å². The summed E-state index contributed by atoms with van der Waals surface area (Å²) in [4.78, 5) is 37.1. The van der Waals surface area contributed by atoms with Crippen molar-refractivity contribution in [2.75, 3.05) is 14.1 Å². The SMILES string of the molecule is CCn1ncc(CN(C)C(=O)c2nc(-c3nn(C)c(C(=O)NC)c3C)nc3ccc(C)cc23)c1C. The van der Waals surface area contributed by atoms with E-state index in [1.807, 2.05) is 43.7 Å². The molecule has 182 valence electrons. The van der Waals surface area contributed by atoms with Gasteiger partial charge in [-0.1, -0.05) is 11.6 Å². The van der Waals surface area contributed by atoms with E-state index in [4.69, 9.17) is 4.98 Å². The summed E-state index contributed by atoms with van der Waals surface area (Å²) < 4.78 is 3.41. The molecule has 0 radical (unpaired) electrons. The van der Waals surface area contributed by atoms with Crippen molar-refractivity contribution in [1.82, 2.24) is 39.7 Å². The molecule has 0 saturated heterocycles. The fourth-order valence-electron chi connectivity index (χ4n) is 4.26. The standard InChI is InChI=1S/C25H30N8O2/c1-8-33-16(4)17(12-27-33)13-31(6)25(35)21-18-11-14(2)9-10-19(18)28-23(29-21)20-15(3)22(24(34)26-5)32(7)30-20/h9-12H,8,13H2,1-7H3,(H,26,34). The minimum absolute atomic E-state index is 0.229. The van der Waals surface area contributed by atoms with Gasteiger partial charge in [-0.25, -0.2) is 9.97 Å². The molecule has 3 heterocycles. The lowest BCUT2D eigenvalue weighted by Crippen LogP contribution is -2.28. The highest BCUT2D eigenvalue weighted by molar-refractivity contribution is 6.05. The lowest BCUT2D eigenvalue weighted by atomic mass is 10.1. The Morgan fingerprint density at radius 2 is 1.89 bits per heavy atom. The van der Waals surface area contributed by atoms with Gasteiger partial charge in [0, 0.05) is 56.4 Å². The predicted molar refractivity (Wildman–Crippen MR) is 133 cm³/mol. The number of nitrogens with one attached hydrogen (secondary N) is 1. The fourth-order valence-corrected chi connectivity index (χ4v) is 4.26. The molecule has 0 spiro atoms. The van der Waals surface area contributed by atoms with Gasteiger partial charge in [-0.2, -0.15) is 10.2 Å². The van der Waals surface area contributed by atoms with Crippen molar-refractivity contribution < 1.29 is 9.59 Å². The van der Waals surface area contributed by atoms with Gasteiger partial charge in [0.2, 0.25) is 0 Å². The Morgan fingerprint density at radius 1 is 1.14 bits per heavy atom. The maximum Gasteiger partial charge on any atom is 0.273 e. The topological polar surface area (TPSA) is 111 Å². The zero-order valence-electron chi connectivity index (χ0n) is 21.2. The van der Waals surface area contributed by atoms with Gasteiger partial charge < -0.3 is 10.2 Å². The number of benzene rings is 1. The molecule has 10 nitrogen and oxygen atoms in total. The minimum atomic E-state index is -0.251. The Morgan fingerprint density at radius 3 is 2.54 bits per heavy atom. The van der Waals surface area contributed by atoms with Gasteiger partial charge in [0.25, 0.3) is 11.8 Å². The molecule has 0 unspecified atom stereocenters. The van der Waals surface area contributed by atoms with Crippen LogP contribution >= 0.6 is 0 Å². The van der Waals surface area contributed by atoms with Gasteiger partial charge in [-0.3, -0.25) is 19.0 Å². The number of fused-ring (bicyclic) bond motifs is 1. The van der Waals surface area contributed by atoms with Crippen LogP contribution in [0.3, 0.4) is 0 Å². The van der Waals surface area contributed by atoms with Crippen LogP contribution in [0.1, 0.15) is 50.3 Å². The molecular formula is C25H30N8O2. The first-order valence-corrected chi connectivity index (χ1v) is 11.5. The molecule has 0 atom stereocenters. The molecule has 0 bridgehead atoms. The molecule has 0 aliphatic carbocycles. The van der Waals surface area contributed by atoms with E-state index in [0.29, 0.717) is 45.9 Å². The second-order valence-electron chi connectivity index (χ2n) is 8.67. The molecule has 0 saturated carbocycles. The van der Waals surface area contributed by atoms with Crippen LogP contribution in [0.4, 0.5) is 0 Å².